The lowest BCUT2D eigenvalue weighted by Crippen LogP contribution is -2.51. The Balaban J connectivity index is 1.53. The Morgan fingerprint density at radius 1 is 0.857 bits per heavy atom. The highest BCUT2D eigenvalue weighted by atomic mass is 16.5. The number of amides is 2. The van der Waals surface area contributed by atoms with E-state index in [4.69, 9.17) is 4.74 Å². The van der Waals surface area contributed by atoms with Crippen LogP contribution >= 0.6 is 0 Å². The topological polar surface area (TPSA) is 49.9 Å². The monoisotopic (exact) mass is 380 g/mol. The van der Waals surface area contributed by atoms with Crippen LogP contribution in [0.2, 0.25) is 0 Å². The van der Waals surface area contributed by atoms with E-state index in [0.717, 1.165) is 11.3 Å². The van der Waals surface area contributed by atoms with E-state index in [2.05, 4.69) is 20.8 Å². The van der Waals surface area contributed by atoms with Crippen LogP contribution in [0.5, 0.6) is 5.75 Å². The molecule has 1 aliphatic rings. The summed E-state index contributed by atoms with van der Waals surface area (Å²) >= 11 is 0. The lowest BCUT2D eigenvalue weighted by molar-refractivity contribution is -0.134. The Morgan fingerprint density at radius 3 is 2.07 bits per heavy atom. The zero-order valence-electron chi connectivity index (χ0n) is 16.9. The first-order valence-corrected chi connectivity index (χ1v) is 9.70. The fraction of sp³-hybridized carbons (Fsp3) is 0.391. The van der Waals surface area contributed by atoms with Gasteiger partial charge in [-0.05, 0) is 29.2 Å². The summed E-state index contributed by atoms with van der Waals surface area (Å²) in [6.45, 7) is 8.53. The lowest BCUT2D eigenvalue weighted by Gasteiger charge is -2.35. The predicted octanol–water partition coefficient (Wildman–Crippen LogP) is 3.35. The fourth-order valence-electron chi connectivity index (χ4n) is 3.37. The summed E-state index contributed by atoms with van der Waals surface area (Å²) in [6.07, 6.45) is 0. The maximum atomic E-state index is 12.6. The molecule has 1 saturated heterocycles. The molecule has 0 unspecified atom stereocenters. The number of benzene rings is 2. The Morgan fingerprint density at radius 2 is 1.43 bits per heavy atom. The molecule has 0 N–H and O–H groups in total. The largest absolute Gasteiger partial charge is 0.483 e. The van der Waals surface area contributed by atoms with E-state index >= 15 is 0 Å². The van der Waals surface area contributed by atoms with Crippen molar-refractivity contribution in [2.24, 2.45) is 0 Å². The zero-order chi connectivity index (χ0) is 20.1. The minimum Gasteiger partial charge on any atom is -0.483 e. The van der Waals surface area contributed by atoms with Crippen molar-refractivity contribution in [3.05, 3.63) is 65.7 Å². The van der Waals surface area contributed by atoms with Gasteiger partial charge in [0.1, 0.15) is 5.75 Å². The highest BCUT2D eigenvalue weighted by Gasteiger charge is 2.25. The lowest BCUT2D eigenvalue weighted by atomic mass is 9.86. The molecule has 2 aromatic rings. The molecule has 3 rings (SSSR count). The molecule has 28 heavy (non-hydrogen) atoms. The number of ether oxygens (including phenoxy) is 1. The first kappa shape index (κ1) is 19.9. The molecule has 5 nitrogen and oxygen atoms in total. The van der Waals surface area contributed by atoms with Gasteiger partial charge in [0, 0.05) is 31.7 Å². The molecule has 0 saturated carbocycles. The summed E-state index contributed by atoms with van der Waals surface area (Å²) in [6, 6.07) is 17.1. The van der Waals surface area contributed by atoms with Gasteiger partial charge in [0.15, 0.2) is 6.61 Å². The molecule has 2 aromatic carbocycles. The number of hydrogen-bond acceptors (Lipinski definition) is 3. The fourth-order valence-corrected chi connectivity index (χ4v) is 3.37. The molecule has 0 spiro atoms. The first-order chi connectivity index (χ1) is 13.4. The molecular weight excluding hydrogens is 352 g/mol. The van der Waals surface area contributed by atoms with Crippen LogP contribution in [0, 0.1) is 0 Å². The minimum atomic E-state index is -0.0525. The molecule has 0 bridgehead atoms. The minimum absolute atomic E-state index is 0.0136. The number of carbonyl (C=O) groups is 2. The average Bonchev–Trinajstić information content (AvgIpc) is 2.72. The third kappa shape index (κ3) is 4.71. The Hall–Kier alpha value is -2.82. The molecule has 2 amide bonds. The molecule has 5 heteroatoms. The molecule has 0 aromatic heterocycles. The van der Waals surface area contributed by atoms with Gasteiger partial charge in [-0.2, -0.15) is 0 Å². The van der Waals surface area contributed by atoms with Gasteiger partial charge in [0.05, 0.1) is 0 Å². The number of rotatable bonds is 4. The highest BCUT2D eigenvalue weighted by molar-refractivity contribution is 5.94. The summed E-state index contributed by atoms with van der Waals surface area (Å²) in [5, 5.41) is 0. The normalized spacial score (nSPS) is 14.7. The van der Waals surface area contributed by atoms with Gasteiger partial charge in [0.2, 0.25) is 0 Å². The van der Waals surface area contributed by atoms with Crippen LogP contribution in [0.3, 0.4) is 0 Å². The van der Waals surface area contributed by atoms with Crippen molar-refractivity contribution < 1.29 is 14.3 Å². The van der Waals surface area contributed by atoms with Gasteiger partial charge in [0.25, 0.3) is 11.8 Å². The van der Waals surface area contributed by atoms with E-state index in [-0.39, 0.29) is 23.8 Å². The van der Waals surface area contributed by atoms with Crippen LogP contribution in [-0.4, -0.2) is 54.4 Å². The first-order valence-electron chi connectivity index (χ1n) is 9.70. The summed E-state index contributed by atoms with van der Waals surface area (Å²) < 4.78 is 5.85. The van der Waals surface area contributed by atoms with Gasteiger partial charge in [-0.1, -0.05) is 57.2 Å². The maximum Gasteiger partial charge on any atom is 0.260 e. The van der Waals surface area contributed by atoms with Gasteiger partial charge < -0.3 is 14.5 Å². The molecular formula is C23H28N2O3. The molecule has 0 atom stereocenters. The van der Waals surface area contributed by atoms with Gasteiger partial charge in [-0.25, -0.2) is 0 Å². The number of piperazine rings is 1. The second-order valence-corrected chi connectivity index (χ2v) is 8.07. The zero-order valence-corrected chi connectivity index (χ0v) is 16.9. The molecule has 0 aliphatic carbocycles. The van der Waals surface area contributed by atoms with E-state index in [9.17, 15) is 9.59 Å². The molecule has 0 radical (unpaired) electrons. The third-order valence-electron chi connectivity index (χ3n) is 4.99. The number of nitrogens with zero attached hydrogens (tertiary/aromatic N) is 2. The highest BCUT2D eigenvalue weighted by Crippen LogP contribution is 2.30. The summed E-state index contributed by atoms with van der Waals surface area (Å²) in [4.78, 5) is 28.7. The van der Waals surface area contributed by atoms with Gasteiger partial charge >= 0.3 is 0 Å². The third-order valence-corrected chi connectivity index (χ3v) is 4.99. The van der Waals surface area contributed by atoms with Crippen molar-refractivity contribution in [2.75, 3.05) is 32.8 Å². The summed E-state index contributed by atoms with van der Waals surface area (Å²) in [5.74, 6) is 0.722. The van der Waals surface area contributed by atoms with E-state index in [1.807, 2.05) is 54.6 Å². The molecule has 148 valence electrons. The van der Waals surface area contributed by atoms with Crippen LogP contribution in [0.4, 0.5) is 0 Å². The standard InChI is InChI=1S/C23H28N2O3/c1-23(2,3)19-11-7-8-12-20(19)28-17-21(26)24-13-15-25(16-14-24)22(27)18-9-5-4-6-10-18/h4-12H,13-17H2,1-3H3. The number of carbonyl (C=O) groups excluding carboxylic acids is 2. The van der Waals surface area contributed by atoms with E-state index in [1.165, 1.54) is 0 Å². The number of para-hydroxylation sites is 1. The smallest absolute Gasteiger partial charge is 0.260 e. The van der Waals surface area contributed by atoms with Crippen molar-refractivity contribution in [2.45, 2.75) is 26.2 Å². The second kappa shape index (κ2) is 8.46. The van der Waals surface area contributed by atoms with Crippen molar-refractivity contribution in [1.29, 1.82) is 0 Å². The van der Waals surface area contributed by atoms with E-state index in [1.54, 1.807) is 9.80 Å². The predicted molar refractivity (Wildman–Crippen MR) is 110 cm³/mol. The average molecular weight is 380 g/mol. The SMILES string of the molecule is CC(C)(C)c1ccccc1OCC(=O)N1CCN(C(=O)c2ccccc2)CC1. The van der Waals surface area contributed by atoms with Gasteiger partial charge in [-0.15, -0.1) is 0 Å². The maximum absolute atomic E-state index is 12.6. The molecule has 1 fully saturated rings. The van der Waals surface area contributed by atoms with E-state index < -0.39 is 0 Å². The number of hydrogen-bond donors (Lipinski definition) is 0. The summed E-state index contributed by atoms with van der Waals surface area (Å²) in [5.41, 5.74) is 1.72. The van der Waals surface area contributed by atoms with Crippen molar-refractivity contribution in [3.63, 3.8) is 0 Å². The Kier molecular flexibility index (Phi) is 6.02. The Labute approximate surface area is 166 Å². The Bertz CT molecular complexity index is 819. The van der Waals surface area contributed by atoms with Crippen LogP contribution in [0.15, 0.2) is 54.6 Å². The molecule has 1 aliphatic heterocycles. The summed E-state index contributed by atoms with van der Waals surface area (Å²) in [7, 11) is 0. The quantitative estimate of drug-likeness (QED) is 0.817. The van der Waals surface area contributed by atoms with Crippen LogP contribution in [0.25, 0.3) is 0 Å². The van der Waals surface area contributed by atoms with Gasteiger partial charge in [-0.3, -0.25) is 9.59 Å². The van der Waals surface area contributed by atoms with Crippen molar-refractivity contribution >= 4 is 11.8 Å². The van der Waals surface area contributed by atoms with Crippen molar-refractivity contribution in [1.82, 2.24) is 9.80 Å². The van der Waals surface area contributed by atoms with Crippen LogP contribution in [-0.2, 0) is 10.2 Å². The molecule has 1 heterocycles. The van der Waals surface area contributed by atoms with Crippen molar-refractivity contribution in [3.8, 4) is 5.75 Å². The van der Waals surface area contributed by atoms with Crippen LogP contribution < -0.4 is 4.74 Å². The van der Waals surface area contributed by atoms with Crippen LogP contribution in [0.1, 0.15) is 36.7 Å². The second-order valence-electron chi connectivity index (χ2n) is 8.07. The van der Waals surface area contributed by atoms with E-state index in [0.29, 0.717) is 31.7 Å².